The van der Waals surface area contributed by atoms with Gasteiger partial charge in [-0.15, -0.1) is 0 Å². The van der Waals surface area contributed by atoms with Gasteiger partial charge >= 0.3 is 0 Å². The van der Waals surface area contributed by atoms with Crippen LogP contribution in [0.15, 0.2) is 0 Å². The third-order valence-electron chi connectivity index (χ3n) is 1.61. The zero-order chi connectivity index (χ0) is 8.69. The molecule has 0 atom stereocenters. The Morgan fingerprint density at radius 1 is 1.45 bits per heavy atom. The highest BCUT2D eigenvalue weighted by Crippen LogP contribution is 1.98. The normalized spacial score (nSPS) is 10.5. The van der Waals surface area contributed by atoms with Gasteiger partial charge in [-0.1, -0.05) is 20.8 Å². The van der Waals surface area contributed by atoms with Crippen molar-refractivity contribution in [3.05, 3.63) is 0 Å². The molecule has 0 heterocycles. The lowest BCUT2D eigenvalue weighted by atomic mass is 10.2. The molecule has 64 valence electrons. The van der Waals surface area contributed by atoms with Crippen LogP contribution in [0.2, 0.25) is 0 Å². The highest BCUT2D eigenvalue weighted by molar-refractivity contribution is 4.72. The van der Waals surface area contributed by atoms with Gasteiger partial charge in [0.1, 0.15) is 0 Å². The van der Waals surface area contributed by atoms with E-state index in [1.54, 1.807) is 0 Å². The molecule has 0 fully saturated rings. The molecule has 0 N–H and O–H groups in total. The summed E-state index contributed by atoms with van der Waals surface area (Å²) in [6.07, 6.45) is 0.653. The average molecular weight is 154 g/mol. The monoisotopic (exact) mass is 154 g/mol. The minimum atomic E-state index is 0.653. The first-order valence-electron chi connectivity index (χ1n) is 4.30. The van der Waals surface area contributed by atoms with Crippen LogP contribution in [0.4, 0.5) is 0 Å². The summed E-state index contributed by atoms with van der Waals surface area (Å²) in [6, 6.07) is 2.16. The van der Waals surface area contributed by atoms with Crippen LogP contribution in [0, 0.1) is 17.2 Å². The third-order valence-corrected chi connectivity index (χ3v) is 1.61. The van der Waals surface area contributed by atoms with Crippen molar-refractivity contribution in [3.8, 4) is 6.07 Å². The molecule has 0 aromatic carbocycles. The largest absolute Gasteiger partial charge is 0.302 e. The molecule has 0 amide bonds. The molecule has 0 aliphatic rings. The summed E-state index contributed by atoms with van der Waals surface area (Å²) in [5, 5.41) is 8.37. The van der Waals surface area contributed by atoms with E-state index in [4.69, 9.17) is 5.26 Å². The van der Waals surface area contributed by atoms with Crippen molar-refractivity contribution < 1.29 is 0 Å². The number of rotatable bonds is 5. The Kier molecular flexibility index (Phi) is 5.87. The van der Waals surface area contributed by atoms with Gasteiger partial charge in [-0.05, 0) is 12.5 Å². The van der Waals surface area contributed by atoms with Crippen LogP contribution in [0.5, 0.6) is 0 Å². The Morgan fingerprint density at radius 2 is 2.09 bits per heavy atom. The van der Waals surface area contributed by atoms with Gasteiger partial charge in [0.15, 0.2) is 0 Å². The van der Waals surface area contributed by atoms with Crippen LogP contribution in [0.1, 0.15) is 27.2 Å². The van der Waals surface area contributed by atoms with Crippen molar-refractivity contribution in [1.29, 1.82) is 5.26 Å². The zero-order valence-corrected chi connectivity index (χ0v) is 7.80. The first-order chi connectivity index (χ1) is 5.20. The molecule has 0 unspecified atom stereocenters. The Bertz CT molecular complexity index is 124. The van der Waals surface area contributed by atoms with Crippen LogP contribution in [-0.4, -0.2) is 24.5 Å². The molecule has 2 nitrogen and oxygen atoms in total. The lowest BCUT2D eigenvalue weighted by Crippen LogP contribution is -2.28. The number of nitriles is 1. The number of hydrogen-bond acceptors (Lipinski definition) is 2. The molecule has 0 rings (SSSR count). The van der Waals surface area contributed by atoms with Crippen LogP contribution in [-0.2, 0) is 0 Å². The molecule has 0 aromatic rings. The van der Waals surface area contributed by atoms with Gasteiger partial charge in [0.2, 0.25) is 0 Å². The lowest BCUT2D eigenvalue weighted by molar-refractivity contribution is 0.262. The van der Waals surface area contributed by atoms with Crippen molar-refractivity contribution in [2.75, 3.05) is 19.6 Å². The summed E-state index contributed by atoms with van der Waals surface area (Å²) in [7, 11) is 0. The van der Waals surface area contributed by atoms with Crippen molar-refractivity contribution in [2.45, 2.75) is 27.2 Å². The summed E-state index contributed by atoms with van der Waals surface area (Å²) < 4.78 is 0. The number of hydrogen-bond donors (Lipinski definition) is 0. The van der Waals surface area contributed by atoms with Crippen molar-refractivity contribution in [3.63, 3.8) is 0 Å². The molecule has 0 spiro atoms. The molecular formula is C9H18N2. The predicted octanol–water partition coefficient (Wildman–Crippen LogP) is 1.88. The fraction of sp³-hybridized carbons (Fsp3) is 0.889. The van der Waals surface area contributed by atoms with E-state index < -0.39 is 0 Å². The van der Waals surface area contributed by atoms with E-state index in [1.807, 2.05) is 0 Å². The van der Waals surface area contributed by atoms with Gasteiger partial charge in [-0.25, -0.2) is 0 Å². The summed E-state index contributed by atoms with van der Waals surface area (Å²) >= 11 is 0. The van der Waals surface area contributed by atoms with E-state index in [0.29, 0.717) is 12.3 Å². The second-order valence-electron chi connectivity index (χ2n) is 3.20. The Morgan fingerprint density at radius 3 is 2.45 bits per heavy atom. The average Bonchev–Trinajstić information content (AvgIpc) is 1.97. The summed E-state index contributed by atoms with van der Waals surface area (Å²) in [5.41, 5.74) is 0. The minimum absolute atomic E-state index is 0.653. The fourth-order valence-electron chi connectivity index (χ4n) is 1.10. The van der Waals surface area contributed by atoms with E-state index in [-0.39, 0.29) is 0 Å². The van der Waals surface area contributed by atoms with E-state index in [1.165, 1.54) is 0 Å². The molecule has 11 heavy (non-hydrogen) atoms. The van der Waals surface area contributed by atoms with Crippen molar-refractivity contribution in [2.24, 2.45) is 5.92 Å². The van der Waals surface area contributed by atoms with Gasteiger partial charge < -0.3 is 4.90 Å². The molecule has 0 aliphatic carbocycles. The van der Waals surface area contributed by atoms with E-state index >= 15 is 0 Å². The molecule has 0 aliphatic heterocycles. The van der Waals surface area contributed by atoms with Gasteiger partial charge in [0.05, 0.1) is 6.07 Å². The predicted molar refractivity (Wildman–Crippen MR) is 47.2 cm³/mol. The van der Waals surface area contributed by atoms with Crippen molar-refractivity contribution in [1.82, 2.24) is 4.90 Å². The highest BCUT2D eigenvalue weighted by atomic mass is 15.1. The molecular weight excluding hydrogens is 136 g/mol. The standard InChI is InChI=1S/C9H18N2/c1-4-11(7-5-6-10)8-9(2)3/h9H,4-5,7-8H2,1-3H3. The third kappa shape index (κ3) is 5.87. The molecule has 0 bridgehead atoms. The maximum atomic E-state index is 8.37. The van der Waals surface area contributed by atoms with Crippen LogP contribution in [0.3, 0.4) is 0 Å². The second kappa shape index (κ2) is 6.18. The lowest BCUT2D eigenvalue weighted by Gasteiger charge is -2.20. The van der Waals surface area contributed by atoms with Gasteiger partial charge in [0.25, 0.3) is 0 Å². The smallest absolute Gasteiger partial charge is 0.0635 e. The van der Waals surface area contributed by atoms with Crippen LogP contribution in [0.25, 0.3) is 0 Å². The maximum absolute atomic E-state index is 8.37. The summed E-state index contributed by atoms with van der Waals surface area (Å²) in [6.45, 7) is 9.63. The van der Waals surface area contributed by atoms with Gasteiger partial charge in [-0.2, -0.15) is 5.26 Å². The molecule has 0 radical (unpaired) electrons. The highest BCUT2D eigenvalue weighted by Gasteiger charge is 2.03. The Hall–Kier alpha value is -0.550. The maximum Gasteiger partial charge on any atom is 0.0635 e. The van der Waals surface area contributed by atoms with Gasteiger partial charge in [-0.3, -0.25) is 0 Å². The zero-order valence-electron chi connectivity index (χ0n) is 7.80. The van der Waals surface area contributed by atoms with Crippen LogP contribution >= 0.6 is 0 Å². The Balaban J connectivity index is 3.51. The van der Waals surface area contributed by atoms with E-state index in [2.05, 4.69) is 31.7 Å². The first kappa shape index (κ1) is 10.4. The quantitative estimate of drug-likeness (QED) is 0.604. The SMILES string of the molecule is CCN(CCC#N)CC(C)C. The summed E-state index contributed by atoms with van der Waals surface area (Å²) in [4.78, 5) is 2.31. The molecule has 2 heteroatoms. The van der Waals surface area contributed by atoms with Crippen LogP contribution < -0.4 is 0 Å². The van der Waals surface area contributed by atoms with E-state index in [9.17, 15) is 0 Å². The number of nitrogens with zero attached hydrogens (tertiary/aromatic N) is 2. The molecule has 0 saturated carbocycles. The second-order valence-corrected chi connectivity index (χ2v) is 3.20. The summed E-state index contributed by atoms with van der Waals surface area (Å²) in [5.74, 6) is 0.702. The van der Waals surface area contributed by atoms with Gasteiger partial charge in [0, 0.05) is 19.5 Å². The molecule has 0 saturated heterocycles. The molecule has 0 aromatic heterocycles. The van der Waals surface area contributed by atoms with E-state index in [0.717, 1.165) is 19.6 Å². The fourth-order valence-corrected chi connectivity index (χ4v) is 1.10. The minimum Gasteiger partial charge on any atom is -0.302 e. The topological polar surface area (TPSA) is 27.0 Å². The Labute approximate surface area is 69.8 Å². The first-order valence-corrected chi connectivity index (χ1v) is 4.30. The van der Waals surface area contributed by atoms with Crippen molar-refractivity contribution >= 4 is 0 Å².